The number of rotatable bonds is 6. The molecule has 1 saturated heterocycles. The van der Waals surface area contributed by atoms with Crippen LogP contribution in [0.15, 0.2) is 53.5 Å². The Hall–Kier alpha value is -2.13. The third kappa shape index (κ3) is 7.78. The first-order chi connectivity index (χ1) is 14.9. The molecule has 0 spiro atoms. The number of carbonyl (C=O) groups is 1. The van der Waals surface area contributed by atoms with Crippen LogP contribution >= 0.6 is 24.0 Å². The van der Waals surface area contributed by atoms with Crippen molar-refractivity contribution < 1.29 is 9.53 Å². The quantitative estimate of drug-likeness (QED) is 0.323. The number of ether oxygens (including phenoxy) is 1. The molecule has 7 heteroatoms. The fourth-order valence-electron chi connectivity index (χ4n) is 3.80. The predicted octanol–water partition coefficient (Wildman–Crippen LogP) is 4.12. The van der Waals surface area contributed by atoms with Crippen molar-refractivity contribution in [3.8, 4) is 0 Å². The molecule has 1 heterocycles. The SMILES string of the molecule is CCNC(=NCc1cccc(C)c1)NCc1ccc(C(=O)N2CC(C)OC(C)C2)cc1.I. The summed E-state index contributed by atoms with van der Waals surface area (Å²) < 4.78 is 5.73. The third-order valence-corrected chi connectivity index (χ3v) is 5.21. The summed E-state index contributed by atoms with van der Waals surface area (Å²) in [5.74, 6) is 0.843. The first-order valence-corrected chi connectivity index (χ1v) is 11.1. The highest BCUT2D eigenvalue weighted by molar-refractivity contribution is 14.0. The highest BCUT2D eigenvalue weighted by atomic mass is 127. The zero-order valence-electron chi connectivity index (χ0n) is 19.4. The van der Waals surface area contributed by atoms with Crippen LogP contribution in [0.5, 0.6) is 0 Å². The molecule has 6 nitrogen and oxygen atoms in total. The van der Waals surface area contributed by atoms with Crippen molar-refractivity contribution >= 4 is 35.8 Å². The minimum absolute atomic E-state index is 0. The molecule has 0 bridgehead atoms. The molecule has 32 heavy (non-hydrogen) atoms. The second-order valence-corrected chi connectivity index (χ2v) is 8.20. The number of nitrogens with one attached hydrogen (secondary N) is 2. The maximum absolute atomic E-state index is 12.8. The minimum atomic E-state index is 0. The van der Waals surface area contributed by atoms with Crippen LogP contribution in [-0.4, -0.2) is 48.6 Å². The van der Waals surface area contributed by atoms with E-state index in [0.717, 1.165) is 18.1 Å². The largest absolute Gasteiger partial charge is 0.372 e. The lowest BCUT2D eigenvalue weighted by Crippen LogP contribution is -2.48. The van der Waals surface area contributed by atoms with Gasteiger partial charge in [0.25, 0.3) is 5.91 Å². The highest BCUT2D eigenvalue weighted by Gasteiger charge is 2.26. The monoisotopic (exact) mass is 550 g/mol. The van der Waals surface area contributed by atoms with Crippen molar-refractivity contribution in [1.29, 1.82) is 0 Å². The smallest absolute Gasteiger partial charge is 0.254 e. The van der Waals surface area contributed by atoms with Gasteiger partial charge in [-0.05, 0) is 51.0 Å². The van der Waals surface area contributed by atoms with Crippen molar-refractivity contribution in [2.24, 2.45) is 4.99 Å². The highest BCUT2D eigenvalue weighted by Crippen LogP contribution is 2.15. The molecule has 1 fully saturated rings. The Bertz CT molecular complexity index is 891. The molecule has 1 aliphatic heterocycles. The van der Waals surface area contributed by atoms with E-state index in [1.165, 1.54) is 11.1 Å². The molecular weight excluding hydrogens is 515 g/mol. The fraction of sp³-hybridized carbons (Fsp3) is 0.440. The lowest BCUT2D eigenvalue weighted by atomic mass is 10.1. The summed E-state index contributed by atoms with van der Waals surface area (Å²) in [4.78, 5) is 19.4. The Morgan fingerprint density at radius 2 is 1.75 bits per heavy atom. The van der Waals surface area contributed by atoms with Crippen molar-refractivity contribution in [2.45, 2.75) is 53.0 Å². The van der Waals surface area contributed by atoms with E-state index in [4.69, 9.17) is 4.74 Å². The van der Waals surface area contributed by atoms with Crippen LogP contribution in [-0.2, 0) is 17.8 Å². The van der Waals surface area contributed by atoms with Crippen molar-refractivity contribution in [1.82, 2.24) is 15.5 Å². The number of guanidine groups is 1. The number of hydrogen-bond donors (Lipinski definition) is 2. The van der Waals surface area contributed by atoms with Gasteiger partial charge in [-0.25, -0.2) is 4.99 Å². The molecule has 2 N–H and O–H groups in total. The molecule has 2 unspecified atom stereocenters. The third-order valence-electron chi connectivity index (χ3n) is 5.21. The van der Waals surface area contributed by atoms with E-state index >= 15 is 0 Å². The maximum Gasteiger partial charge on any atom is 0.254 e. The zero-order chi connectivity index (χ0) is 22.2. The average Bonchev–Trinajstić information content (AvgIpc) is 2.75. The Kier molecular flexibility index (Phi) is 10.4. The van der Waals surface area contributed by atoms with Crippen LogP contribution in [0.1, 0.15) is 47.8 Å². The van der Waals surface area contributed by atoms with Gasteiger partial charge in [-0.1, -0.05) is 42.0 Å². The molecule has 0 aromatic heterocycles. The lowest BCUT2D eigenvalue weighted by Gasteiger charge is -2.35. The summed E-state index contributed by atoms with van der Waals surface area (Å²) in [6.07, 6.45) is 0.138. The Labute approximate surface area is 208 Å². The Morgan fingerprint density at radius 3 is 2.38 bits per heavy atom. The summed E-state index contributed by atoms with van der Waals surface area (Å²) in [5.41, 5.74) is 4.24. The number of benzene rings is 2. The maximum atomic E-state index is 12.8. The predicted molar refractivity (Wildman–Crippen MR) is 141 cm³/mol. The van der Waals surface area contributed by atoms with Crippen LogP contribution in [0.4, 0.5) is 0 Å². The fourth-order valence-corrected chi connectivity index (χ4v) is 3.80. The van der Waals surface area contributed by atoms with Gasteiger partial charge in [0.1, 0.15) is 0 Å². The molecule has 0 saturated carbocycles. The molecule has 0 radical (unpaired) electrons. The van der Waals surface area contributed by atoms with Gasteiger partial charge in [0.2, 0.25) is 0 Å². The molecule has 1 amide bonds. The lowest BCUT2D eigenvalue weighted by molar-refractivity contribution is -0.0586. The Morgan fingerprint density at radius 1 is 1.06 bits per heavy atom. The number of aliphatic imine (C=N–C) groups is 1. The number of amides is 1. The van der Waals surface area contributed by atoms with Crippen LogP contribution in [0.2, 0.25) is 0 Å². The average molecular weight is 550 g/mol. The summed E-state index contributed by atoms with van der Waals surface area (Å²) in [6, 6.07) is 16.2. The van der Waals surface area contributed by atoms with Crippen molar-refractivity contribution in [3.05, 3.63) is 70.8 Å². The normalized spacial score (nSPS) is 18.6. The van der Waals surface area contributed by atoms with E-state index in [1.807, 2.05) is 43.0 Å². The van der Waals surface area contributed by atoms with Crippen LogP contribution in [0, 0.1) is 6.92 Å². The van der Waals surface area contributed by atoms with E-state index in [0.29, 0.717) is 31.7 Å². The van der Waals surface area contributed by atoms with Gasteiger partial charge < -0.3 is 20.3 Å². The van der Waals surface area contributed by atoms with E-state index in [-0.39, 0.29) is 42.1 Å². The summed E-state index contributed by atoms with van der Waals surface area (Å²) >= 11 is 0. The number of halogens is 1. The van der Waals surface area contributed by atoms with Crippen LogP contribution < -0.4 is 10.6 Å². The zero-order valence-corrected chi connectivity index (χ0v) is 21.8. The first kappa shape index (κ1) is 26.1. The second kappa shape index (κ2) is 12.8. The Balaban J connectivity index is 0.00000363. The molecule has 2 aromatic carbocycles. The number of carbonyl (C=O) groups excluding carboxylic acids is 1. The standard InChI is InChI=1S/C25H34N4O2.HI/c1-5-26-25(28-15-22-8-6-7-18(2)13-22)27-14-21-9-11-23(12-10-21)24(30)29-16-19(3)31-20(4)17-29;/h6-13,19-20H,5,14-17H2,1-4H3,(H2,26,27,28);1H. The van der Waals surface area contributed by atoms with Gasteiger partial charge in [-0.2, -0.15) is 0 Å². The summed E-state index contributed by atoms with van der Waals surface area (Å²) in [6.45, 7) is 11.5. The van der Waals surface area contributed by atoms with Crippen molar-refractivity contribution in [2.75, 3.05) is 19.6 Å². The molecule has 0 aliphatic carbocycles. The number of nitrogens with zero attached hydrogens (tertiary/aromatic N) is 2. The summed E-state index contributed by atoms with van der Waals surface area (Å²) in [7, 11) is 0. The van der Waals surface area contributed by atoms with Crippen LogP contribution in [0.25, 0.3) is 0 Å². The van der Waals surface area contributed by atoms with Crippen molar-refractivity contribution in [3.63, 3.8) is 0 Å². The molecule has 2 atom stereocenters. The summed E-state index contributed by atoms with van der Waals surface area (Å²) in [5, 5.41) is 6.66. The van der Waals surface area contributed by atoms with Crippen LogP contribution in [0.3, 0.4) is 0 Å². The van der Waals surface area contributed by atoms with Gasteiger partial charge >= 0.3 is 0 Å². The van der Waals surface area contributed by atoms with E-state index in [2.05, 4.69) is 53.7 Å². The van der Waals surface area contributed by atoms with Gasteiger partial charge in [-0.3, -0.25) is 4.79 Å². The van der Waals surface area contributed by atoms with Gasteiger partial charge in [0.05, 0.1) is 18.8 Å². The van der Waals surface area contributed by atoms with E-state index < -0.39 is 0 Å². The van der Waals surface area contributed by atoms with Gasteiger partial charge in [0.15, 0.2) is 5.96 Å². The van der Waals surface area contributed by atoms with E-state index in [1.54, 1.807) is 0 Å². The number of morpholine rings is 1. The van der Waals surface area contributed by atoms with Gasteiger partial charge in [-0.15, -0.1) is 24.0 Å². The molecule has 174 valence electrons. The molecule has 3 rings (SSSR count). The number of hydrogen-bond acceptors (Lipinski definition) is 3. The van der Waals surface area contributed by atoms with E-state index in [9.17, 15) is 4.79 Å². The molecular formula is C25H35IN4O2. The topological polar surface area (TPSA) is 66.0 Å². The number of aryl methyl sites for hydroxylation is 1. The molecule has 2 aromatic rings. The second-order valence-electron chi connectivity index (χ2n) is 8.20. The molecule has 1 aliphatic rings. The van der Waals surface area contributed by atoms with Gasteiger partial charge in [0, 0.05) is 31.7 Å². The first-order valence-electron chi connectivity index (χ1n) is 11.1. The minimum Gasteiger partial charge on any atom is -0.372 e.